The van der Waals surface area contributed by atoms with Crippen molar-refractivity contribution in [2.75, 3.05) is 6.54 Å². The minimum Gasteiger partial charge on any atom is -0.330 e. The maximum Gasteiger partial charge on any atom is 0.325 e. The molecule has 0 atom stereocenters. The Morgan fingerprint density at radius 1 is 1.33 bits per heavy atom. The van der Waals surface area contributed by atoms with Crippen molar-refractivity contribution >= 4 is 0 Å². The van der Waals surface area contributed by atoms with Crippen molar-refractivity contribution in [2.45, 2.75) is 13.3 Å². The van der Waals surface area contributed by atoms with Crippen LogP contribution in [0.25, 0.3) is 0 Å². The van der Waals surface area contributed by atoms with Gasteiger partial charge in [-0.2, -0.15) is 0 Å². The highest BCUT2D eigenvalue weighted by Crippen LogP contribution is 1.93. The predicted molar refractivity (Wildman–Crippen MR) is 45.2 cm³/mol. The Kier molecular flexibility index (Phi) is 2.44. The Labute approximate surface area is 68.6 Å². The lowest BCUT2D eigenvalue weighted by Gasteiger charge is -2.00. The van der Waals surface area contributed by atoms with Gasteiger partial charge in [0.25, 0.3) is 5.56 Å². The minimum atomic E-state index is -0.474. The van der Waals surface area contributed by atoms with Gasteiger partial charge in [0.1, 0.15) is 0 Å². The van der Waals surface area contributed by atoms with E-state index in [0.717, 1.165) is 0 Å². The lowest BCUT2D eigenvalue weighted by atomic mass is 10.2. The van der Waals surface area contributed by atoms with Crippen LogP contribution >= 0.6 is 0 Å². The van der Waals surface area contributed by atoms with Crippen LogP contribution in [0.15, 0.2) is 9.59 Å². The minimum absolute atomic E-state index is 0.346. The topological polar surface area (TPSA) is 91.7 Å². The lowest BCUT2D eigenvalue weighted by molar-refractivity contribution is 0.877. The number of aromatic nitrogens is 2. The molecule has 5 nitrogen and oxygen atoms in total. The number of aryl methyl sites for hydroxylation is 1. The van der Waals surface area contributed by atoms with Crippen LogP contribution in [0.2, 0.25) is 0 Å². The maximum absolute atomic E-state index is 11.1. The van der Waals surface area contributed by atoms with Gasteiger partial charge in [-0.15, -0.1) is 0 Å². The van der Waals surface area contributed by atoms with Gasteiger partial charge in [0.2, 0.25) is 0 Å². The quantitative estimate of drug-likeness (QED) is 0.523. The molecule has 0 bridgehead atoms. The average molecular weight is 169 g/mol. The summed E-state index contributed by atoms with van der Waals surface area (Å²) in [6, 6.07) is 0. The van der Waals surface area contributed by atoms with Crippen LogP contribution in [0.3, 0.4) is 0 Å². The summed E-state index contributed by atoms with van der Waals surface area (Å²) >= 11 is 0. The van der Waals surface area contributed by atoms with Gasteiger partial charge in [0.05, 0.1) is 0 Å². The molecule has 0 amide bonds. The van der Waals surface area contributed by atoms with Crippen LogP contribution in [0, 0.1) is 6.92 Å². The summed E-state index contributed by atoms with van der Waals surface area (Å²) in [7, 11) is 0. The Morgan fingerprint density at radius 3 is 2.50 bits per heavy atom. The molecule has 66 valence electrons. The molecule has 12 heavy (non-hydrogen) atoms. The Bertz CT molecular complexity index is 377. The molecule has 0 saturated heterocycles. The molecule has 1 rings (SSSR count). The van der Waals surface area contributed by atoms with Crippen molar-refractivity contribution in [1.82, 2.24) is 9.97 Å². The first-order chi connectivity index (χ1) is 5.65. The van der Waals surface area contributed by atoms with Crippen molar-refractivity contribution in [2.24, 2.45) is 5.73 Å². The van der Waals surface area contributed by atoms with Gasteiger partial charge in [-0.05, 0) is 19.9 Å². The highest BCUT2D eigenvalue weighted by molar-refractivity contribution is 5.14. The summed E-state index contributed by atoms with van der Waals surface area (Å²) < 4.78 is 0. The summed E-state index contributed by atoms with van der Waals surface area (Å²) in [6.07, 6.45) is 0.484. The third-order valence-corrected chi connectivity index (χ3v) is 1.65. The van der Waals surface area contributed by atoms with E-state index >= 15 is 0 Å². The second-order valence-electron chi connectivity index (χ2n) is 2.55. The van der Waals surface area contributed by atoms with Crippen LogP contribution in [0.1, 0.15) is 11.3 Å². The molecule has 0 radical (unpaired) electrons. The SMILES string of the molecule is Cc1[nH]c(=O)[nH]c(=O)c1CCN. The Hall–Kier alpha value is -1.36. The smallest absolute Gasteiger partial charge is 0.325 e. The molecule has 1 heterocycles. The summed E-state index contributed by atoms with van der Waals surface area (Å²) in [5.74, 6) is 0. The number of H-pyrrole nitrogens is 2. The van der Waals surface area contributed by atoms with Gasteiger partial charge < -0.3 is 10.7 Å². The molecule has 1 aromatic rings. The molecule has 0 aliphatic rings. The van der Waals surface area contributed by atoms with Gasteiger partial charge in [0.15, 0.2) is 0 Å². The highest BCUT2D eigenvalue weighted by atomic mass is 16.2. The second kappa shape index (κ2) is 3.36. The van der Waals surface area contributed by atoms with E-state index in [1.165, 1.54) is 0 Å². The Morgan fingerprint density at radius 2 is 2.00 bits per heavy atom. The number of hydrogen-bond acceptors (Lipinski definition) is 3. The first kappa shape index (κ1) is 8.73. The second-order valence-corrected chi connectivity index (χ2v) is 2.55. The van der Waals surface area contributed by atoms with Crippen LogP contribution < -0.4 is 17.0 Å². The number of nitrogens with one attached hydrogen (secondary N) is 2. The fraction of sp³-hybridized carbons (Fsp3) is 0.429. The number of aromatic amines is 2. The molecule has 0 aliphatic heterocycles. The summed E-state index contributed by atoms with van der Waals surface area (Å²) in [6.45, 7) is 2.08. The van der Waals surface area contributed by atoms with Crippen molar-refractivity contribution in [1.29, 1.82) is 0 Å². The number of hydrogen-bond donors (Lipinski definition) is 3. The predicted octanol–water partition coefficient (Wildman–Crippen LogP) is -1.13. The molecule has 0 spiro atoms. The van der Waals surface area contributed by atoms with E-state index in [1.54, 1.807) is 6.92 Å². The van der Waals surface area contributed by atoms with E-state index in [1.807, 2.05) is 0 Å². The molecular formula is C7H11N3O2. The van der Waals surface area contributed by atoms with Gasteiger partial charge in [-0.3, -0.25) is 9.78 Å². The van der Waals surface area contributed by atoms with E-state index in [0.29, 0.717) is 24.2 Å². The molecule has 0 unspecified atom stereocenters. The molecule has 0 aliphatic carbocycles. The largest absolute Gasteiger partial charge is 0.330 e. The van der Waals surface area contributed by atoms with Crippen molar-refractivity contribution in [3.63, 3.8) is 0 Å². The van der Waals surface area contributed by atoms with Gasteiger partial charge in [-0.25, -0.2) is 4.79 Å². The zero-order chi connectivity index (χ0) is 9.14. The van der Waals surface area contributed by atoms with Crippen LogP contribution in [-0.4, -0.2) is 16.5 Å². The van der Waals surface area contributed by atoms with Crippen LogP contribution in [-0.2, 0) is 6.42 Å². The van der Waals surface area contributed by atoms with E-state index in [9.17, 15) is 9.59 Å². The zero-order valence-electron chi connectivity index (χ0n) is 6.81. The molecule has 0 fully saturated rings. The number of nitrogens with two attached hydrogens (primary N) is 1. The van der Waals surface area contributed by atoms with Gasteiger partial charge in [-0.1, -0.05) is 0 Å². The fourth-order valence-corrected chi connectivity index (χ4v) is 1.07. The molecule has 0 saturated carbocycles. The standard InChI is InChI=1S/C7H11N3O2/c1-4-5(2-3-8)6(11)10-7(12)9-4/h2-3,8H2,1H3,(H2,9,10,11,12). The fourth-order valence-electron chi connectivity index (χ4n) is 1.07. The first-order valence-corrected chi connectivity index (χ1v) is 3.67. The van der Waals surface area contributed by atoms with Gasteiger partial charge >= 0.3 is 5.69 Å². The highest BCUT2D eigenvalue weighted by Gasteiger charge is 2.03. The normalized spacial score (nSPS) is 10.2. The lowest BCUT2D eigenvalue weighted by Crippen LogP contribution is -2.28. The van der Waals surface area contributed by atoms with E-state index in [4.69, 9.17) is 5.73 Å². The first-order valence-electron chi connectivity index (χ1n) is 3.67. The summed E-state index contributed by atoms with van der Waals surface area (Å²) in [4.78, 5) is 26.5. The van der Waals surface area contributed by atoms with Crippen molar-refractivity contribution in [3.05, 3.63) is 32.1 Å². The van der Waals surface area contributed by atoms with Crippen LogP contribution in [0.4, 0.5) is 0 Å². The Balaban J connectivity index is 3.29. The van der Waals surface area contributed by atoms with E-state index in [2.05, 4.69) is 9.97 Å². The maximum atomic E-state index is 11.1. The zero-order valence-corrected chi connectivity index (χ0v) is 6.81. The average Bonchev–Trinajstić information content (AvgIpc) is 1.96. The monoisotopic (exact) mass is 169 g/mol. The molecule has 0 aromatic carbocycles. The third-order valence-electron chi connectivity index (χ3n) is 1.65. The summed E-state index contributed by atoms with van der Waals surface area (Å²) in [5, 5.41) is 0. The number of rotatable bonds is 2. The molecule has 4 N–H and O–H groups in total. The molecular weight excluding hydrogens is 158 g/mol. The third kappa shape index (κ3) is 1.62. The van der Waals surface area contributed by atoms with Crippen molar-refractivity contribution in [3.8, 4) is 0 Å². The van der Waals surface area contributed by atoms with E-state index < -0.39 is 5.69 Å². The van der Waals surface area contributed by atoms with E-state index in [-0.39, 0.29) is 5.56 Å². The molecule has 1 aromatic heterocycles. The van der Waals surface area contributed by atoms with Crippen LogP contribution in [0.5, 0.6) is 0 Å². The van der Waals surface area contributed by atoms with Gasteiger partial charge in [0, 0.05) is 11.3 Å². The van der Waals surface area contributed by atoms with Crippen molar-refractivity contribution < 1.29 is 0 Å². The molecule has 5 heteroatoms. The summed E-state index contributed by atoms with van der Waals surface area (Å²) in [5.41, 5.74) is 5.62.